The molecule has 1 aliphatic heterocycles. The van der Waals surface area contributed by atoms with Crippen molar-refractivity contribution in [2.24, 2.45) is 20.7 Å². The van der Waals surface area contributed by atoms with Crippen LogP contribution in [0.25, 0.3) is 0 Å². The average Bonchev–Trinajstić information content (AvgIpc) is 2.68. The summed E-state index contributed by atoms with van der Waals surface area (Å²) in [6, 6.07) is 4.39. The van der Waals surface area contributed by atoms with Crippen molar-refractivity contribution in [2.75, 3.05) is 0 Å². The number of phenolic OH excluding ortho intramolecular Hbond substituents is 1. The number of rotatable bonds is 1. The van der Waals surface area contributed by atoms with E-state index in [1.165, 1.54) is 0 Å². The van der Waals surface area contributed by atoms with Gasteiger partial charge in [0.1, 0.15) is 5.75 Å². The van der Waals surface area contributed by atoms with Crippen molar-refractivity contribution in [1.82, 2.24) is 0 Å². The molecular formula is C8H5F3N4O. The van der Waals surface area contributed by atoms with Crippen LogP contribution in [0.5, 0.6) is 5.75 Å². The molecule has 0 aromatic heterocycles. The average molecular weight is 230 g/mol. The van der Waals surface area contributed by atoms with Gasteiger partial charge in [-0.3, -0.25) is 0 Å². The van der Waals surface area contributed by atoms with Crippen LogP contribution in [0, 0.1) is 0 Å². The fourth-order valence-electron chi connectivity index (χ4n) is 1.28. The monoisotopic (exact) mass is 230 g/mol. The Morgan fingerprint density at radius 1 is 1.00 bits per heavy atom. The maximum atomic E-state index is 12.8. The molecule has 84 valence electrons. The van der Waals surface area contributed by atoms with E-state index in [9.17, 15) is 13.2 Å². The van der Waals surface area contributed by atoms with E-state index in [4.69, 9.17) is 5.11 Å². The van der Waals surface area contributed by atoms with Gasteiger partial charge in [-0.05, 0) is 22.6 Å². The molecule has 1 aromatic carbocycles. The van der Waals surface area contributed by atoms with Crippen LogP contribution >= 0.6 is 0 Å². The Bertz CT molecular complexity index is 439. The quantitative estimate of drug-likeness (QED) is 0.791. The SMILES string of the molecule is Oc1ccc(C2(C(F)(F)F)N=NN=N2)cc1. The van der Waals surface area contributed by atoms with Crippen molar-refractivity contribution < 1.29 is 18.3 Å². The minimum atomic E-state index is -4.73. The summed E-state index contributed by atoms with van der Waals surface area (Å²) in [5.41, 5.74) is -3.02. The molecule has 0 spiro atoms. The number of hydrogen-bond acceptors (Lipinski definition) is 5. The molecule has 0 saturated carbocycles. The molecular weight excluding hydrogens is 225 g/mol. The van der Waals surface area contributed by atoms with Crippen molar-refractivity contribution in [3.63, 3.8) is 0 Å². The second-order valence-corrected chi connectivity index (χ2v) is 3.10. The molecule has 0 bridgehead atoms. The van der Waals surface area contributed by atoms with Gasteiger partial charge < -0.3 is 5.11 Å². The first-order valence-corrected chi connectivity index (χ1v) is 4.16. The highest BCUT2D eigenvalue weighted by molar-refractivity contribution is 5.32. The lowest BCUT2D eigenvalue weighted by Crippen LogP contribution is -2.37. The summed E-state index contributed by atoms with van der Waals surface area (Å²) in [6.07, 6.45) is -4.73. The lowest BCUT2D eigenvalue weighted by atomic mass is 10.0. The van der Waals surface area contributed by atoms with Crippen LogP contribution in [0.1, 0.15) is 5.56 Å². The summed E-state index contributed by atoms with van der Waals surface area (Å²) in [7, 11) is 0. The minimum absolute atomic E-state index is 0.145. The summed E-state index contributed by atoms with van der Waals surface area (Å²) in [4.78, 5) is 0. The maximum Gasteiger partial charge on any atom is 0.442 e. The third-order valence-corrected chi connectivity index (χ3v) is 2.08. The molecule has 0 aliphatic carbocycles. The minimum Gasteiger partial charge on any atom is -0.508 e. The standard InChI is InChI=1S/C8H5F3N4O/c9-8(10,11)7(12-14-15-13-7)5-1-3-6(16)4-2-5/h1-4,16H. The fraction of sp³-hybridized carbons (Fsp3) is 0.250. The molecule has 0 radical (unpaired) electrons. The molecule has 0 atom stereocenters. The molecule has 0 unspecified atom stereocenters. The maximum absolute atomic E-state index is 12.8. The van der Waals surface area contributed by atoms with E-state index in [2.05, 4.69) is 20.7 Å². The Balaban J connectivity index is 2.54. The Morgan fingerprint density at radius 2 is 1.50 bits per heavy atom. The van der Waals surface area contributed by atoms with E-state index in [0.717, 1.165) is 24.3 Å². The van der Waals surface area contributed by atoms with Gasteiger partial charge in [-0.25, -0.2) is 0 Å². The highest BCUT2D eigenvalue weighted by Gasteiger charge is 2.60. The molecule has 8 heteroatoms. The summed E-state index contributed by atoms with van der Waals surface area (Å²) in [6.45, 7) is 0. The van der Waals surface area contributed by atoms with Gasteiger partial charge in [0.05, 0.1) is 0 Å². The number of benzene rings is 1. The van der Waals surface area contributed by atoms with Gasteiger partial charge in [-0.1, -0.05) is 12.1 Å². The van der Waals surface area contributed by atoms with E-state index < -0.39 is 11.8 Å². The van der Waals surface area contributed by atoms with E-state index in [0.29, 0.717) is 0 Å². The van der Waals surface area contributed by atoms with Crippen molar-refractivity contribution in [3.05, 3.63) is 29.8 Å². The predicted molar refractivity (Wildman–Crippen MR) is 45.6 cm³/mol. The van der Waals surface area contributed by atoms with Crippen LogP contribution in [0.3, 0.4) is 0 Å². The van der Waals surface area contributed by atoms with Gasteiger partial charge in [-0.15, -0.1) is 10.2 Å². The molecule has 0 amide bonds. The van der Waals surface area contributed by atoms with Crippen LogP contribution in [0.2, 0.25) is 0 Å². The molecule has 0 saturated heterocycles. The van der Waals surface area contributed by atoms with E-state index >= 15 is 0 Å². The predicted octanol–water partition coefficient (Wildman–Crippen LogP) is 2.94. The molecule has 1 N–H and O–H groups in total. The van der Waals surface area contributed by atoms with Crippen LogP contribution in [0.15, 0.2) is 44.9 Å². The Hall–Kier alpha value is -1.99. The third kappa shape index (κ3) is 1.42. The number of hydrogen-bond donors (Lipinski definition) is 1. The third-order valence-electron chi connectivity index (χ3n) is 2.08. The number of phenols is 1. The lowest BCUT2D eigenvalue weighted by Gasteiger charge is -2.22. The molecule has 1 aromatic rings. The van der Waals surface area contributed by atoms with Crippen molar-refractivity contribution in [1.29, 1.82) is 0 Å². The van der Waals surface area contributed by atoms with Crippen LogP contribution in [-0.4, -0.2) is 11.3 Å². The number of halogens is 3. The zero-order valence-corrected chi connectivity index (χ0v) is 7.68. The Kier molecular flexibility index (Phi) is 2.14. The fourth-order valence-corrected chi connectivity index (χ4v) is 1.28. The van der Waals surface area contributed by atoms with Gasteiger partial charge in [0.25, 0.3) is 0 Å². The first kappa shape index (κ1) is 10.5. The number of nitrogens with zero attached hydrogens (tertiary/aromatic N) is 4. The van der Waals surface area contributed by atoms with Crippen molar-refractivity contribution >= 4 is 0 Å². The van der Waals surface area contributed by atoms with Crippen molar-refractivity contribution in [2.45, 2.75) is 11.8 Å². The highest BCUT2D eigenvalue weighted by Crippen LogP contribution is 2.46. The van der Waals surface area contributed by atoms with E-state index in [1.807, 2.05) is 0 Å². The van der Waals surface area contributed by atoms with Gasteiger partial charge in [0, 0.05) is 5.56 Å². The normalized spacial score (nSPS) is 17.9. The molecule has 2 rings (SSSR count). The van der Waals surface area contributed by atoms with Gasteiger partial charge in [-0.2, -0.15) is 13.2 Å². The highest BCUT2D eigenvalue weighted by atomic mass is 19.4. The second-order valence-electron chi connectivity index (χ2n) is 3.10. The smallest absolute Gasteiger partial charge is 0.442 e. The molecule has 1 heterocycles. The molecule has 0 fully saturated rings. The van der Waals surface area contributed by atoms with Gasteiger partial charge in [0.15, 0.2) is 0 Å². The summed E-state index contributed by atoms with van der Waals surface area (Å²) < 4.78 is 38.5. The summed E-state index contributed by atoms with van der Waals surface area (Å²) in [5, 5.41) is 20.8. The topological polar surface area (TPSA) is 69.7 Å². The van der Waals surface area contributed by atoms with Crippen LogP contribution in [-0.2, 0) is 5.66 Å². The summed E-state index contributed by atoms with van der Waals surface area (Å²) >= 11 is 0. The number of alkyl halides is 3. The first-order chi connectivity index (χ1) is 7.46. The Morgan fingerprint density at radius 3 is 1.94 bits per heavy atom. The van der Waals surface area contributed by atoms with E-state index in [-0.39, 0.29) is 11.3 Å². The van der Waals surface area contributed by atoms with Crippen LogP contribution in [0.4, 0.5) is 13.2 Å². The zero-order valence-electron chi connectivity index (χ0n) is 7.68. The zero-order chi connectivity index (χ0) is 11.8. The van der Waals surface area contributed by atoms with E-state index in [1.54, 1.807) is 0 Å². The second kappa shape index (κ2) is 3.26. The van der Waals surface area contributed by atoms with Gasteiger partial charge >= 0.3 is 11.8 Å². The molecule has 1 aliphatic rings. The Labute approximate surface area is 87.3 Å². The first-order valence-electron chi connectivity index (χ1n) is 4.16. The summed E-state index contributed by atoms with van der Waals surface area (Å²) in [5.74, 6) is -0.145. The molecule has 16 heavy (non-hydrogen) atoms. The van der Waals surface area contributed by atoms with Crippen LogP contribution < -0.4 is 0 Å². The molecule has 5 nitrogen and oxygen atoms in total. The lowest BCUT2D eigenvalue weighted by molar-refractivity contribution is -0.187. The number of aromatic hydroxyl groups is 1. The van der Waals surface area contributed by atoms with Crippen molar-refractivity contribution in [3.8, 4) is 5.75 Å². The largest absolute Gasteiger partial charge is 0.508 e. The van der Waals surface area contributed by atoms with Gasteiger partial charge in [0.2, 0.25) is 0 Å².